The molecule has 0 aliphatic carbocycles. The molecular weight excluding hydrogens is 374 g/mol. The first-order chi connectivity index (χ1) is 14.7. The molecule has 2 aromatic carbocycles. The maximum absolute atomic E-state index is 13.5. The Morgan fingerprint density at radius 2 is 1.80 bits per heavy atom. The molecule has 0 saturated carbocycles. The molecule has 0 radical (unpaired) electrons. The molecule has 6 heteroatoms. The maximum Gasteiger partial charge on any atom is 0.258 e. The van der Waals surface area contributed by atoms with Crippen LogP contribution in [0.15, 0.2) is 85.3 Å². The van der Waals surface area contributed by atoms with Crippen LogP contribution in [0.3, 0.4) is 0 Å². The fourth-order valence-electron chi connectivity index (χ4n) is 3.90. The fourth-order valence-corrected chi connectivity index (χ4v) is 3.90. The van der Waals surface area contributed by atoms with E-state index >= 15 is 0 Å². The van der Waals surface area contributed by atoms with Crippen molar-refractivity contribution in [1.29, 1.82) is 0 Å². The minimum Gasteiger partial charge on any atom is -0.359 e. The van der Waals surface area contributed by atoms with E-state index in [-0.39, 0.29) is 12.1 Å². The van der Waals surface area contributed by atoms with Gasteiger partial charge >= 0.3 is 0 Å². The van der Waals surface area contributed by atoms with Crippen molar-refractivity contribution in [3.8, 4) is 5.69 Å². The minimum absolute atomic E-state index is 0.0178. The van der Waals surface area contributed by atoms with Gasteiger partial charge in [0.25, 0.3) is 5.91 Å². The Labute approximate surface area is 174 Å². The van der Waals surface area contributed by atoms with Gasteiger partial charge in [0, 0.05) is 30.8 Å². The number of amides is 1. The summed E-state index contributed by atoms with van der Waals surface area (Å²) in [5.41, 5.74) is 5.47. The zero-order chi connectivity index (χ0) is 20.5. The fraction of sp³-hybridized carbons (Fsp3) is 0.125. The molecule has 6 nitrogen and oxygen atoms in total. The van der Waals surface area contributed by atoms with Crippen LogP contribution in [-0.4, -0.2) is 25.6 Å². The summed E-state index contributed by atoms with van der Waals surface area (Å²) in [5.74, 6) is -0.0178. The number of carbonyl (C=O) groups is 1. The van der Waals surface area contributed by atoms with E-state index in [0.29, 0.717) is 12.1 Å². The Morgan fingerprint density at radius 3 is 2.63 bits per heavy atom. The second kappa shape index (κ2) is 7.48. The Balaban J connectivity index is 1.62. The smallest absolute Gasteiger partial charge is 0.258 e. The first kappa shape index (κ1) is 18.1. The Bertz CT molecular complexity index is 1200. The number of rotatable bonds is 4. The lowest BCUT2D eigenvalue weighted by atomic mass is 10.0. The van der Waals surface area contributed by atoms with Gasteiger partial charge in [-0.1, -0.05) is 36.4 Å². The van der Waals surface area contributed by atoms with E-state index in [1.807, 2.05) is 70.2 Å². The number of benzene rings is 2. The molecule has 0 saturated heterocycles. The van der Waals surface area contributed by atoms with Crippen LogP contribution < -0.4 is 5.32 Å². The lowest BCUT2D eigenvalue weighted by Crippen LogP contribution is -2.43. The number of hydrogen-bond acceptors (Lipinski definition) is 4. The van der Waals surface area contributed by atoms with Crippen LogP contribution in [0, 0.1) is 6.92 Å². The van der Waals surface area contributed by atoms with Gasteiger partial charge in [-0.2, -0.15) is 5.10 Å². The minimum atomic E-state index is -0.366. The van der Waals surface area contributed by atoms with Gasteiger partial charge in [-0.15, -0.1) is 0 Å². The highest BCUT2D eigenvalue weighted by Gasteiger charge is 2.35. The van der Waals surface area contributed by atoms with Crippen molar-refractivity contribution in [2.45, 2.75) is 19.6 Å². The van der Waals surface area contributed by atoms with E-state index in [0.717, 1.165) is 28.2 Å². The van der Waals surface area contributed by atoms with Crippen LogP contribution >= 0.6 is 0 Å². The summed E-state index contributed by atoms with van der Waals surface area (Å²) in [4.78, 5) is 19.5. The van der Waals surface area contributed by atoms with E-state index in [2.05, 4.69) is 28.4 Å². The van der Waals surface area contributed by atoms with Crippen molar-refractivity contribution in [3.63, 3.8) is 0 Å². The van der Waals surface area contributed by atoms with Crippen molar-refractivity contribution in [3.05, 3.63) is 108 Å². The average molecular weight is 395 g/mol. The highest BCUT2D eigenvalue weighted by atomic mass is 16.2. The number of carbonyl (C=O) groups excluding carboxylic acids is 1. The molecule has 0 spiro atoms. The molecule has 3 heterocycles. The predicted octanol–water partition coefficient (Wildman–Crippen LogP) is 4.34. The topological polar surface area (TPSA) is 63.1 Å². The van der Waals surface area contributed by atoms with Crippen molar-refractivity contribution < 1.29 is 4.79 Å². The molecule has 148 valence electrons. The third-order valence-corrected chi connectivity index (χ3v) is 5.39. The Hall–Kier alpha value is -3.93. The van der Waals surface area contributed by atoms with Crippen LogP contribution in [0.25, 0.3) is 5.69 Å². The Kier molecular flexibility index (Phi) is 4.52. The SMILES string of the molecule is Cc1ccccc1-n1nccc1C1Nc2ccccc2C(=O)N1Cc1cccnc1. The van der Waals surface area contributed by atoms with Gasteiger partial charge in [0.1, 0.15) is 6.17 Å². The maximum atomic E-state index is 13.5. The van der Waals surface area contributed by atoms with Gasteiger partial charge in [-0.05, 0) is 48.4 Å². The molecule has 0 bridgehead atoms. The van der Waals surface area contributed by atoms with E-state index < -0.39 is 0 Å². The van der Waals surface area contributed by atoms with Crippen molar-refractivity contribution in [2.75, 3.05) is 5.32 Å². The summed E-state index contributed by atoms with van der Waals surface area (Å²) >= 11 is 0. The number of nitrogens with one attached hydrogen (secondary N) is 1. The van der Waals surface area contributed by atoms with E-state index in [1.54, 1.807) is 18.6 Å². The predicted molar refractivity (Wildman–Crippen MR) is 115 cm³/mol. The monoisotopic (exact) mass is 395 g/mol. The van der Waals surface area contributed by atoms with Crippen LogP contribution in [0.5, 0.6) is 0 Å². The standard InChI is InChI=1S/C24H21N5O/c1-17-7-2-5-11-21(17)29-22(12-14-26-29)23-27-20-10-4-3-9-19(20)24(30)28(23)16-18-8-6-13-25-15-18/h2-15,23,27H,16H2,1H3. The second-order valence-electron chi connectivity index (χ2n) is 7.34. The van der Waals surface area contributed by atoms with Gasteiger partial charge in [-0.25, -0.2) is 4.68 Å². The highest BCUT2D eigenvalue weighted by molar-refractivity contribution is 6.01. The molecule has 4 aromatic rings. The summed E-state index contributed by atoms with van der Waals surface area (Å²) in [6, 6.07) is 21.6. The molecule has 2 aromatic heterocycles. The summed E-state index contributed by atoms with van der Waals surface area (Å²) in [6.07, 6.45) is 4.94. The van der Waals surface area contributed by atoms with Gasteiger partial charge in [0.2, 0.25) is 0 Å². The lowest BCUT2D eigenvalue weighted by Gasteiger charge is -2.38. The van der Waals surface area contributed by atoms with Crippen molar-refractivity contribution in [2.24, 2.45) is 0 Å². The first-order valence-corrected chi connectivity index (χ1v) is 9.88. The first-order valence-electron chi connectivity index (χ1n) is 9.88. The van der Waals surface area contributed by atoms with Crippen molar-refractivity contribution in [1.82, 2.24) is 19.7 Å². The molecule has 1 unspecified atom stereocenters. The zero-order valence-electron chi connectivity index (χ0n) is 16.6. The lowest BCUT2D eigenvalue weighted by molar-refractivity contribution is 0.0660. The molecule has 1 atom stereocenters. The molecule has 1 amide bonds. The molecule has 1 N–H and O–H groups in total. The third-order valence-electron chi connectivity index (χ3n) is 5.39. The van der Waals surface area contributed by atoms with Gasteiger partial charge in [-0.3, -0.25) is 9.78 Å². The summed E-state index contributed by atoms with van der Waals surface area (Å²) < 4.78 is 1.91. The summed E-state index contributed by atoms with van der Waals surface area (Å²) in [5, 5.41) is 8.12. The number of hydrogen-bond donors (Lipinski definition) is 1. The van der Waals surface area contributed by atoms with Gasteiger partial charge in [0.05, 0.1) is 16.9 Å². The largest absolute Gasteiger partial charge is 0.359 e. The molecule has 1 aliphatic heterocycles. The van der Waals surface area contributed by atoms with Gasteiger partial charge in [0.15, 0.2) is 0 Å². The Morgan fingerprint density at radius 1 is 0.967 bits per heavy atom. The van der Waals surface area contributed by atoms with E-state index in [1.165, 1.54) is 0 Å². The number of pyridine rings is 1. The number of aromatic nitrogens is 3. The molecule has 5 rings (SSSR count). The summed E-state index contributed by atoms with van der Waals surface area (Å²) in [6.45, 7) is 2.50. The second-order valence-corrected chi connectivity index (χ2v) is 7.34. The zero-order valence-corrected chi connectivity index (χ0v) is 16.6. The van der Waals surface area contributed by atoms with Crippen LogP contribution in [-0.2, 0) is 6.54 Å². The summed E-state index contributed by atoms with van der Waals surface area (Å²) in [7, 11) is 0. The van der Waals surface area contributed by atoms with Crippen LogP contribution in [0.2, 0.25) is 0 Å². The van der Waals surface area contributed by atoms with E-state index in [4.69, 9.17) is 0 Å². The normalized spacial score (nSPS) is 15.6. The number of para-hydroxylation sites is 2. The molecule has 1 aliphatic rings. The van der Waals surface area contributed by atoms with Gasteiger partial charge < -0.3 is 10.2 Å². The average Bonchev–Trinajstić information content (AvgIpc) is 3.26. The van der Waals surface area contributed by atoms with E-state index in [9.17, 15) is 4.79 Å². The van der Waals surface area contributed by atoms with Crippen LogP contribution in [0.4, 0.5) is 5.69 Å². The highest BCUT2D eigenvalue weighted by Crippen LogP contribution is 2.35. The molecule has 30 heavy (non-hydrogen) atoms. The number of nitrogens with zero attached hydrogens (tertiary/aromatic N) is 4. The number of fused-ring (bicyclic) bond motifs is 1. The van der Waals surface area contributed by atoms with Crippen molar-refractivity contribution >= 4 is 11.6 Å². The number of anilines is 1. The quantitative estimate of drug-likeness (QED) is 0.558. The molecular formula is C24H21N5O. The third kappa shape index (κ3) is 3.12. The molecule has 0 fully saturated rings. The van der Waals surface area contributed by atoms with Crippen LogP contribution in [0.1, 0.15) is 33.3 Å². The number of aryl methyl sites for hydroxylation is 1.